The summed E-state index contributed by atoms with van der Waals surface area (Å²) in [7, 11) is 0. The van der Waals surface area contributed by atoms with Crippen LogP contribution in [0.1, 0.15) is 6.92 Å². The third-order valence-corrected chi connectivity index (χ3v) is 4.74. The maximum Gasteiger partial charge on any atom is 0.294 e. The molecule has 0 saturated carbocycles. The highest BCUT2D eigenvalue weighted by molar-refractivity contribution is 6.29. The average Bonchev–Trinajstić information content (AvgIpc) is 2.64. The first-order chi connectivity index (χ1) is 12.6. The van der Waals surface area contributed by atoms with Crippen molar-refractivity contribution in [1.29, 1.82) is 0 Å². The molecule has 1 aliphatic heterocycles. The molecule has 1 fully saturated rings. The second-order valence-corrected chi connectivity index (χ2v) is 6.52. The smallest absolute Gasteiger partial charge is 0.294 e. The highest BCUT2D eigenvalue weighted by Crippen LogP contribution is 2.18. The van der Waals surface area contributed by atoms with Crippen molar-refractivity contribution in [3.05, 3.63) is 27.8 Å². The number of aliphatic hydroxyl groups is 1. The van der Waals surface area contributed by atoms with Crippen LogP contribution in [0.3, 0.4) is 0 Å². The molecule has 0 amide bonds. The van der Waals surface area contributed by atoms with Gasteiger partial charge < -0.3 is 19.3 Å². The van der Waals surface area contributed by atoms with Crippen LogP contribution >= 0.6 is 11.6 Å². The monoisotopic (exact) mass is 381 g/mol. The number of aromatic nitrogens is 3. The Morgan fingerprint density at radius 3 is 2.73 bits per heavy atom. The molecule has 142 valence electrons. The van der Waals surface area contributed by atoms with Gasteiger partial charge in [-0.05, 0) is 6.92 Å². The summed E-state index contributed by atoms with van der Waals surface area (Å²) in [5.74, 6) is 0.432. The van der Waals surface area contributed by atoms with Crippen LogP contribution in [0.2, 0.25) is 5.15 Å². The maximum atomic E-state index is 13.1. The molecule has 2 aromatic heterocycles. The van der Waals surface area contributed by atoms with Crippen LogP contribution in [0.4, 0.5) is 5.82 Å². The second kappa shape index (κ2) is 8.77. The van der Waals surface area contributed by atoms with Crippen molar-refractivity contribution < 1.29 is 9.84 Å². The van der Waals surface area contributed by atoms with Gasteiger partial charge in [-0.25, -0.2) is 9.97 Å². The standard InChI is InChI=1S/C17H24ClN5O3/c1-2-26-10-8-23-14-11-15(18)19-12-13(14)20-16(17(23)25)22-5-3-21(4-6-22)7-9-24/h11-12,24H,2-10H2,1H3. The van der Waals surface area contributed by atoms with Crippen molar-refractivity contribution in [1.82, 2.24) is 19.4 Å². The largest absolute Gasteiger partial charge is 0.395 e. The Labute approximate surface area is 157 Å². The lowest BCUT2D eigenvalue weighted by molar-refractivity contribution is 0.139. The van der Waals surface area contributed by atoms with Crippen molar-refractivity contribution in [2.24, 2.45) is 0 Å². The molecular formula is C17H24ClN5O3. The number of β-amino-alcohol motifs (C(OH)–C–C–N with tert-alkyl or cyclic N) is 1. The number of hydrogen-bond acceptors (Lipinski definition) is 7. The Kier molecular flexibility index (Phi) is 6.42. The van der Waals surface area contributed by atoms with E-state index in [-0.39, 0.29) is 12.2 Å². The fraction of sp³-hybridized carbons (Fsp3) is 0.588. The third kappa shape index (κ3) is 4.15. The van der Waals surface area contributed by atoms with Gasteiger partial charge in [-0.1, -0.05) is 11.6 Å². The molecule has 0 unspecified atom stereocenters. The number of aliphatic hydroxyl groups excluding tert-OH is 1. The molecule has 1 aliphatic rings. The van der Waals surface area contributed by atoms with Crippen molar-refractivity contribution >= 4 is 28.5 Å². The summed E-state index contributed by atoms with van der Waals surface area (Å²) in [4.78, 5) is 25.9. The molecule has 0 aliphatic carbocycles. The van der Waals surface area contributed by atoms with E-state index in [1.807, 2.05) is 11.8 Å². The molecule has 2 aromatic rings. The third-order valence-electron chi connectivity index (χ3n) is 4.53. The summed E-state index contributed by atoms with van der Waals surface area (Å²) in [5.41, 5.74) is 1.16. The van der Waals surface area contributed by atoms with Crippen LogP contribution < -0.4 is 10.5 Å². The Morgan fingerprint density at radius 2 is 2.04 bits per heavy atom. The van der Waals surface area contributed by atoms with Gasteiger partial charge in [0, 0.05) is 51.9 Å². The lowest BCUT2D eigenvalue weighted by Crippen LogP contribution is -2.49. The number of fused-ring (bicyclic) bond motifs is 1. The topological polar surface area (TPSA) is 83.7 Å². The van der Waals surface area contributed by atoms with Crippen molar-refractivity contribution in [2.75, 3.05) is 57.4 Å². The summed E-state index contributed by atoms with van der Waals surface area (Å²) >= 11 is 6.02. The molecule has 0 bridgehead atoms. The van der Waals surface area contributed by atoms with E-state index < -0.39 is 0 Å². The molecular weight excluding hydrogens is 358 g/mol. The number of piperazine rings is 1. The van der Waals surface area contributed by atoms with Gasteiger partial charge in [-0.3, -0.25) is 9.69 Å². The van der Waals surface area contributed by atoms with Crippen LogP contribution in [0, 0.1) is 0 Å². The van der Waals surface area contributed by atoms with Crippen LogP contribution in [-0.4, -0.2) is 77.1 Å². The van der Waals surface area contributed by atoms with Gasteiger partial charge in [0.25, 0.3) is 5.56 Å². The fourth-order valence-corrected chi connectivity index (χ4v) is 3.31. The van der Waals surface area contributed by atoms with E-state index in [1.165, 1.54) is 0 Å². The van der Waals surface area contributed by atoms with Crippen LogP contribution in [0.5, 0.6) is 0 Å². The molecule has 26 heavy (non-hydrogen) atoms. The minimum atomic E-state index is -0.143. The summed E-state index contributed by atoms with van der Waals surface area (Å²) in [6, 6.07) is 1.67. The van der Waals surface area contributed by atoms with E-state index in [9.17, 15) is 4.79 Å². The first-order valence-electron chi connectivity index (χ1n) is 8.86. The van der Waals surface area contributed by atoms with Gasteiger partial charge in [-0.15, -0.1) is 0 Å². The Bertz CT molecular complexity index is 805. The number of hydrogen-bond donors (Lipinski definition) is 1. The molecule has 0 spiro atoms. The minimum Gasteiger partial charge on any atom is -0.395 e. The Balaban J connectivity index is 1.94. The summed E-state index contributed by atoms with van der Waals surface area (Å²) in [5, 5.41) is 9.40. The highest BCUT2D eigenvalue weighted by Gasteiger charge is 2.22. The molecule has 3 rings (SSSR count). The van der Waals surface area contributed by atoms with Gasteiger partial charge in [0.05, 0.1) is 24.9 Å². The molecule has 1 N–H and O–H groups in total. The summed E-state index contributed by atoms with van der Waals surface area (Å²) < 4.78 is 7.09. The first-order valence-corrected chi connectivity index (χ1v) is 9.23. The zero-order chi connectivity index (χ0) is 18.5. The van der Waals surface area contributed by atoms with Crippen molar-refractivity contribution in [3.8, 4) is 0 Å². The SMILES string of the molecule is CCOCCn1c(=O)c(N2CCN(CCO)CC2)nc2cnc(Cl)cc21. The number of ether oxygens (including phenoxy) is 1. The van der Waals surface area contributed by atoms with E-state index in [4.69, 9.17) is 21.4 Å². The number of pyridine rings is 1. The van der Waals surface area contributed by atoms with Crippen LogP contribution in [0.15, 0.2) is 17.1 Å². The first kappa shape index (κ1) is 19.0. The molecule has 3 heterocycles. The summed E-state index contributed by atoms with van der Waals surface area (Å²) in [6.07, 6.45) is 1.60. The van der Waals surface area contributed by atoms with Gasteiger partial charge in [0.2, 0.25) is 0 Å². The minimum absolute atomic E-state index is 0.143. The molecule has 0 atom stereocenters. The Morgan fingerprint density at radius 1 is 1.27 bits per heavy atom. The maximum absolute atomic E-state index is 13.1. The zero-order valence-corrected chi connectivity index (χ0v) is 15.7. The predicted octanol–water partition coefficient (Wildman–Crippen LogP) is 0.596. The number of halogens is 1. The lowest BCUT2D eigenvalue weighted by Gasteiger charge is -2.34. The van der Waals surface area contributed by atoms with E-state index >= 15 is 0 Å². The summed E-state index contributed by atoms with van der Waals surface area (Å²) in [6.45, 7) is 7.16. The zero-order valence-electron chi connectivity index (χ0n) is 14.9. The van der Waals surface area contributed by atoms with Crippen molar-refractivity contribution in [3.63, 3.8) is 0 Å². The predicted molar refractivity (Wildman–Crippen MR) is 101 cm³/mol. The van der Waals surface area contributed by atoms with Crippen LogP contribution in [0.25, 0.3) is 11.0 Å². The van der Waals surface area contributed by atoms with E-state index in [0.29, 0.717) is 61.4 Å². The fourth-order valence-electron chi connectivity index (χ4n) is 3.16. The van der Waals surface area contributed by atoms with Gasteiger partial charge in [0.1, 0.15) is 10.7 Å². The molecule has 8 nitrogen and oxygen atoms in total. The van der Waals surface area contributed by atoms with Gasteiger partial charge in [-0.2, -0.15) is 0 Å². The van der Waals surface area contributed by atoms with Crippen molar-refractivity contribution in [2.45, 2.75) is 13.5 Å². The normalized spacial score (nSPS) is 15.7. The van der Waals surface area contributed by atoms with Gasteiger partial charge >= 0.3 is 0 Å². The van der Waals surface area contributed by atoms with Crippen LogP contribution in [-0.2, 0) is 11.3 Å². The molecule has 1 saturated heterocycles. The van der Waals surface area contributed by atoms with E-state index in [2.05, 4.69) is 14.9 Å². The molecule has 9 heteroatoms. The molecule has 0 radical (unpaired) electrons. The number of nitrogens with zero attached hydrogens (tertiary/aromatic N) is 5. The number of rotatable bonds is 7. The van der Waals surface area contributed by atoms with Gasteiger partial charge in [0.15, 0.2) is 5.82 Å². The number of anilines is 1. The second-order valence-electron chi connectivity index (χ2n) is 6.14. The lowest BCUT2D eigenvalue weighted by atomic mass is 10.3. The van der Waals surface area contributed by atoms with E-state index in [0.717, 1.165) is 13.1 Å². The molecule has 0 aromatic carbocycles. The van der Waals surface area contributed by atoms with E-state index in [1.54, 1.807) is 16.8 Å². The Hall–Kier alpha value is -1.74. The quantitative estimate of drug-likeness (QED) is 0.555. The average molecular weight is 382 g/mol. The highest BCUT2D eigenvalue weighted by atomic mass is 35.5.